The molecule has 2 aromatic rings. The minimum atomic E-state index is -0.791. The zero-order valence-corrected chi connectivity index (χ0v) is 10.5. The maximum absolute atomic E-state index is 12.9. The van der Waals surface area contributed by atoms with E-state index in [0.717, 1.165) is 16.7 Å². The van der Waals surface area contributed by atoms with E-state index in [1.807, 2.05) is 4.98 Å². The number of aromatic nitrogens is 2. The van der Waals surface area contributed by atoms with Gasteiger partial charge >= 0.3 is 5.69 Å². The first-order chi connectivity index (χ1) is 8.90. The molecule has 0 amide bonds. The molecule has 3 N–H and O–H groups in total. The van der Waals surface area contributed by atoms with Gasteiger partial charge < -0.3 is 10.5 Å². The maximum Gasteiger partial charge on any atom is 0.329 e. The van der Waals surface area contributed by atoms with Crippen LogP contribution >= 0.6 is 11.6 Å². The minimum absolute atomic E-state index is 0.0207. The fourth-order valence-corrected chi connectivity index (χ4v) is 1.59. The van der Waals surface area contributed by atoms with Gasteiger partial charge in [-0.25, -0.2) is 9.18 Å². The van der Waals surface area contributed by atoms with Crippen molar-refractivity contribution in [1.29, 1.82) is 0 Å². The van der Waals surface area contributed by atoms with Gasteiger partial charge in [0.25, 0.3) is 5.56 Å². The Morgan fingerprint density at radius 1 is 1.42 bits per heavy atom. The highest BCUT2D eigenvalue weighted by Crippen LogP contribution is 2.29. The predicted molar refractivity (Wildman–Crippen MR) is 68.2 cm³/mol. The van der Waals surface area contributed by atoms with E-state index in [2.05, 4.69) is 0 Å². The Morgan fingerprint density at radius 3 is 2.74 bits per heavy atom. The van der Waals surface area contributed by atoms with Crippen LogP contribution in [0.2, 0.25) is 5.02 Å². The smallest absolute Gasteiger partial charge is 0.329 e. The lowest BCUT2D eigenvalue weighted by atomic mass is 10.3. The second kappa shape index (κ2) is 4.77. The molecule has 0 unspecified atom stereocenters. The number of hydrogen-bond acceptors (Lipinski definition) is 4. The third kappa shape index (κ3) is 2.45. The first-order valence-corrected chi connectivity index (χ1v) is 5.49. The van der Waals surface area contributed by atoms with Gasteiger partial charge in [0, 0.05) is 7.05 Å². The number of aromatic amines is 1. The molecule has 1 aromatic carbocycles. The second-order valence-corrected chi connectivity index (χ2v) is 4.12. The largest absolute Gasteiger partial charge is 0.446 e. The molecule has 1 heterocycles. The van der Waals surface area contributed by atoms with Crippen molar-refractivity contribution in [3.8, 4) is 11.5 Å². The van der Waals surface area contributed by atoms with Crippen LogP contribution in [0, 0.1) is 5.82 Å². The van der Waals surface area contributed by atoms with Gasteiger partial charge in [-0.2, -0.15) is 0 Å². The fourth-order valence-electron chi connectivity index (χ4n) is 1.38. The number of nitrogens with one attached hydrogen (secondary N) is 1. The molecule has 0 aliphatic carbocycles. The van der Waals surface area contributed by atoms with E-state index in [9.17, 15) is 14.0 Å². The molecule has 1 aromatic heterocycles. The van der Waals surface area contributed by atoms with Crippen LogP contribution in [0.4, 0.5) is 10.2 Å². The Morgan fingerprint density at radius 2 is 2.11 bits per heavy atom. The summed E-state index contributed by atoms with van der Waals surface area (Å²) in [5, 5.41) is -0.0207. The Bertz CT molecular complexity index is 754. The molecule has 0 saturated heterocycles. The van der Waals surface area contributed by atoms with Crippen LogP contribution < -0.4 is 21.7 Å². The van der Waals surface area contributed by atoms with Crippen LogP contribution in [0.1, 0.15) is 0 Å². The molecule has 2 rings (SSSR count). The Kier molecular flexibility index (Phi) is 3.30. The monoisotopic (exact) mass is 285 g/mol. The number of halogens is 2. The summed E-state index contributed by atoms with van der Waals surface area (Å²) >= 11 is 5.77. The quantitative estimate of drug-likeness (QED) is 0.868. The molecular weight excluding hydrogens is 277 g/mol. The summed E-state index contributed by atoms with van der Waals surface area (Å²) in [4.78, 5) is 24.9. The molecule has 6 nitrogen and oxygen atoms in total. The van der Waals surface area contributed by atoms with Gasteiger partial charge in [-0.3, -0.25) is 14.3 Å². The molecule has 0 spiro atoms. The van der Waals surface area contributed by atoms with Crippen LogP contribution in [0.25, 0.3) is 0 Å². The van der Waals surface area contributed by atoms with Gasteiger partial charge in [0.2, 0.25) is 5.75 Å². The van der Waals surface area contributed by atoms with Crippen LogP contribution in [0.5, 0.6) is 11.5 Å². The average Bonchev–Trinajstić information content (AvgIpc) is 2.34. The summed E-state index contributed by atoms with van der Waals surface area (Å²) in [7, 11) is 1.37. The molecule has 0 saturated carbocycles. The topological polar surface area (TPSA) is 90.1 Å². The fraction of sp³-hybridized carbons (Fsp3) is 0.0909. The van der Waals surface area contributed by atoms with Gasteiger partial charge in [-0.15, -0.1) is 0 Å². The molecule has 8 heteroatoms. The number of nitrogen functional groups attached to an aromatic ring is 1. The predicted octanol–water partition coefficient (Wildman–Crippen LogP) is 1.24. The number of hydrogen-bond donors (Lipinski definition) is 2. The number of H-pyrrole nitrogens is 1. The van der Waals surface area contributed by atoms with Gasteiger partial charge in [0.1, 0.15) is 11.6 Å². The van der Waals surface area contributed by atoms with Crippen molar-refractivity contribution in [2.24, 2.45) is 7.05 Å². The molecule has 0 radical (unpaired) electrons. The van der Waals surface area contributed by atoms with Gasteiger partial charge in [0.15, 0.2) is 5.82 Å². The second-order valence-electron chi connectivity index (χ2n) is 3.71. The third-order valence-electron chi connectivity index (χ3n) is 2.43. The number of rotatable bonds is 2. The van der Waals surface area contributed by atoms with Crippen molar-refractivity contribution in [3.05, 3.63) is 49.9 Å². The molecule has 19 heavy (non-hydrogen) atoms. The summed E-state index contributed by atoms with van der Waals surface area (Å²) in [6.45, 7) is 0. The number of anilines is 1. The summed E-state index contributed by atoms with van der Waals surface area (Å²) in [6, 6.07) is 3.40. The van der Waals surface area contributed by atoms with Gasteiger partial charge in [-0.1, -0.05) is 11.6 Å². The van der Waals surface area contributed by atoms with Gasteiger partial charge in [0.05, 0.1) is 5.02 Å². The first kappa shape index (κ1) is 13.2. The summed E-state index contributed by atoms with van der Waals surface area (Å²) in [5.41, 5.74) is 4.16. The summed E-state index contributed by atoms with van der Waals surface area (Å²) in [5.74, 6) is -0.927. The molecule has 0 fully saturated rings. The van der Waals surface area contributed by atoms with Crippen molar-refractivity contribution in [2.75, 3.05) is 5.73 Å². The van der Waals surface area contributed by atoms with Crippen LogP contribution in [0.15, 0.2) is 27.8 Å². The van der Waals surface area contributed by atoms with E-state index in [1.165, 1.54) is 13.1 Å². The van der Waals surface area contributed by atoms with E-state index in [1.54, 1.807) is 0 Å². The zero-order valence-electron chi connectivity index (χ0n) is 9.74. The number of nitrogens with two attached hydrogens (primary N) is 1. The van der Waals surface area contributed by atoms with Crippen LogP contribution in [0.3, 0.4) is 0 Å². The summed E-state index contributed by atoms with van der Waals surface area (Å²) < 4.78 is 19.1. The SMILES string of the molecule is Cn1c(N)c(Oc2ccc(F)cc2Cl)c(=O)[nH]c1=O. The van der Waals surface area contributed by atoms with E-state index >= 15 is 0 Å². The normalized spacial score (nSPS) is 10.5. The minimum Gasteiger partial charge on any atom is -0.446 e. The van der Waals surface area contributed by atoms with Crippen molar-refractivity contribution in [3.63, 3.8) is 0 Å². The lowest BCUT2D eigenvalue weighted by Crippen LogP contribution is -2.30. The maximum atomic E-state index is 12.9. The van der Waals surface area contributed by atoms with Crippen LogP contribution in [-0.2, 0) is 7.05 Å². The van der Waals surface area contributed by atoms with Crippen molar-refractivity contribution in [1.82, 2.24) is 9.55 Å². The highest BCUT2D eigenvalue weighted by Gasteiger charge is 2.14. The van der Waals surface area contributed by atoms with Crippen molar-refractivity contribution >= 4 is 17.4 Å². The Labute approximate surface area is 111 Å². The number of benzene rings is 1. The van der Waals surface area contributed by atoms with Crippen LogP contribution in [-0.4, -0.2) is 9.55 Å². The molecule has 0 bridgehead atoms. The van der Waals surface area contributed by atoms with Gasteiger partial charge in [-0.05, 0) is 18.2 Å². The molecule has 100 valence electrons. The van der Waals surface area contributed by atoms with E-state index in [-0.39, 0.29) is 22.3 Å². The zero-order chi connectivity index (χ0) is 14.2. The average molecular weight is 286 g/mol. The van der Waals surface area contributed by atoms with Crippen molar-refractivity contribution < 1.29 is 9.13 Å². The molecular formula is C11H9ClFN3O3. The van der Waals surface area contributed by atoms with Crippen molar-refractivity contribution in [2.45, 2.75) is 0 Å². The summed E-state index contributed by atoms with van der Waals surface area (Å²) in [6.07, 6.45) is 0. The number of nitrogens with zero attached hydrogens (tertiary/aromatic N) is 1. The molecule has 0 aliphatic heterocycles. The Hall–Kier alpha value is -2.28. The highest BCUT2D eigenvalue weighted by molar-refractivity contribution is 6.32. The lowest BCUT2D eigenvalue weighted by Gasteiger charge is -2.10. The lowest BCUT2D eigenvalue weighted by molar-refractivity contribution is 0.468. The standard InChI is InChI=1S/C11H9ClFN3O3/c1-16-9(14)8(10(17)15-11(16)18)19-7-3-2-5(13)4-6(7)12/h2-4H,14H2,1H3,(H,15,17,18). The third-order valence-corrected chi connectivity index (χ3v) is 2.73. The Balaban J connectivity index is 2.53. The highest BCUT2D eigenvalue weighted by atomic mass is 35.5. The van der Waals surface area contributed by atoms with E-state index < -0.39 is 17.1 Å². The number of ether oxygens (including phenoxy) is 1. The van der Waals surface area contributed by atoms with E-state index in [4.69, 9.17) is 22.1 Å². The van der Waals surface area contributed by atoms with E-state index in [0.29, 0.717) is 0 Å². The molecule has 0 aliphatic rings. The first-order valence-electron chi connectivity index (χ1n) is 5.12. The molecule has 0 atom stereocenters.